The Bertz CT molecular complexity index is 713. The van der Waals surface area contributed by atoms with E-state index in [0.29, 0.717) is 23.7 Å². The van der Waals surface area contributed by atoms with Crippen LogP contribution >= 0.6 is 15.9 Å². The van der Waals surface area contributed by atoms with E-state index in [1.54, 1.807) is 18.2 Å². The van der Waals surface area contributed by atoms with E-state index in [4.69, 9.17) is 9.47 Å². The Morgan fingerprint density at radius 2 is 1.84 bits per heavy atom. The van der Waals surface area contributed by atoms with Crippen molar-refractivity contribution in [3.8, 4) is 11.5 Å². The monoisotopic (exact) mass is 409 g/mol. The summed E-state index contributed by atoms with van der Waals surface area (Å²) >= 11 is 3.55. The maximum atomic E-state index is 13.8. The third-order valence-electron chi connectivity index (χ3n) is 3.52. The largest absolute Gasteiger partial charge is 0.490 e. The van der Waals surface area contributed by atoms with Gasteiger partial charge in [0.25, 0.3) is 0 Å². The minimum atomic E-state index is -0.275. The molecule has 0 spiro atoms. The zero-order chi connectivity index (χ0) is 18.4. The lowest BCUT2D eigenvalue weighted by Crippen LogP contribution is -2.35. The molecule has 0 aliphatic carbocycles. The van der Waals surface area contributed by atoms with Crippen molar-refractivity contribution in [2.75, 3.05) is 6.61 Å². The van der Waals surface area contributed by atoms with Gasteiger partial charge in [0, 0.05) is 17.6 Å². The molecule has 0 saturated carbocycles. The predicted molar refractivity (Wildman–Crippen MR) is 103 cm³/mol. The van der Waals surface area contributed by atoms with Crippen molar-refractivity contribution in [1.29, 1.82) is 0 Å². The summed E-state index contributed by atoms with van der Waals surface area (Å²) < 4.78 is 26.2. The second-order valence-corrected chi connectivity index (χ2v) is 7.68. The van der Waals surface area contributed by atoms with Gasteiger partial charge in [0.2, 0.25) is 0 Å². The van der Waals surface area contributed by atoms with Crippen LogP contribution in [0, 0.1) is 5.82 Å². The first-order valence-corrected chi connectivity index (χ1v) is 9.16. The molecule has 1 N–H and O–H groups in total. The van der Waals surface area contributed by atoms with Gasteiger partial charge in [-0.15, -0.1) is 0 Å². The number of benzene rings is 2. The molecule has 0 aliphatic heterocycles. The van der Waals surface area contributed by atoms with Crippen LogP contribution in [0.3, 0.4) is 0 Å². The molecule has 0 atom stereocenters. The van der Waals surface area contributed by atoms with E-state index >= 15 is 0 Å². The van der Waals surface area contributed by atoms with E-state index in [2.05, 4.69) is 42.0 Å². The van der Waals surface area contributed by atoms with Crippen LogP contribution in [0.4, 0.5) is 4.39 Å². The van der Waals surface area contributed by atoms with Gasteiger partial charge in [0.15, 0.2) is 11.5 Å². The summed E-state index contributed by atoms with van der Waals surface area (Å²) in [4.78, 5) is 0. The van der Waals surface area contributed by atoms with Crippen molar-refractivity contribution in [3.63, 3.8) is 0 Å². The van der Waals surface area contributed by atoms with Gasteiger partial charge in [0.1, 0.15) is 12.4 Å². The lowest BCUT2D eigenvalue weighted by Gasteiger charge is -2.21. The van der Waals surface area contributed by atoms with E-state index < -0.39 is 0 Å². The van der Waals surface area contributed by atoms with Gasteiger partial charge in [-0.3, -0.25) is 0 Å². The van der Waals surface area contributed by atoms with E-state index in [1.165, 1.54) is 6.07 Å². The number of hydrogen-bond acceptors (Lipinski definition) is 3. The highest BCUT2D eigenvalue weighted by molar-refractivity contribution is 9.10. The third kappa shape index (κ3) is 6.01. The molecular formula is C20H25BrFNO2. The van der Waals surface area contributed by atoms with Crippen LogP contribution in [0.25, 0.3) is 0 Å². The van der Waals surface area contributed by atoms with Crippen LogP contribution in [0.2, 0.25) is 0 Å². The second-order valence-electron chi connectivity index (χ2n) is 6.82. The van der Waals surface area contributed by atoms with E-state index in [0.717, 1.165) is 16.6 Å². The van der Waals surface area contributed by atoms with Crippen LogP contribution in [0.1, 0.15) is 38.8 Å². The molecule has 0 bridgehead atoms. The second kappa shape index (κ2) is 8.68. The molecule has 2 rings (SSSR count). The molecule has 25 heavy (non-hydrogen) atoms. The van der Waals surface area contributed by atoms with Crippen LogP contribution in [-0.2, 0) is 13.2 Å². The Morgan fingerprint density at radius 3 is 2.48 bits per heavy atom. The van der Waals surface area contributed by atoms with Crippen molar-refractivity contribution < 1.29 is 13.9 Å². The van der Waals surface area contributed by atoms with Gasteiger partial charge < -0.3 is 14.8 Å². The Morgan fingerprint density at radius 1 is 1.12 bits per heavy atom. The van der Waals surface area contributed by atoms with Crippen molar-refractivity contribution in [2.24, 2.45) is 0 Å². The average Bonchev–Trinajstić information content (AvgIpc) is 2.53. The number of nitrogens with one attached hydrogen (secondary N) is 1. The molecule has 0 heterocycles. The highest BCUT2D eigenvalue weighted by Gasteiger charge is 2.15. The molecule has 3 nitrogen and oxygen atoms in total. The summed E-state index contributed by atoms with van der Waals surface area (Å²) in [5, 5.41) is 3.45. The van der Waals surface area contributed by atoms with Crippen molar-refractivity contribution in [2.45, 2.75) is 46.4 Å². The molecule has 136 valence electrons. The van der Waals surface area contributed by atoms with Gasteiger partial charge in [0.05, 0.1) is 11.1 Å². The molecular weight excluding hydrogens is 385 g/mol. The lowest BCUT2D eigenvalue weighted by atomic mass is 10.1. The number of ether oxygens (including phenoxy) is 2. The van der Waals surface area contributed by atoms with Crippen molar-refractivity contribution in [3.05, 3.63) is 57.8 Å². The lowest BCUT2D eigenvalue weighted by molar-refractivity contribution is 0.264. The topological polar surface area (TPSA) is 30.5 Å². The fraction of sp³-hybridized carbons (Fsp3) is 0.400. The first-order valence-electron chi connectivity index (χ1n) is 8.36. The number of rotatable bonds is 7. The van der Waals surface area contributed by atoms with Gasteiger partial charge in [-0.1, -0.05) is 18.2 Å². The summed E-state index contributed by atoms with van der Waals surface area (Å²) in [6.45, 7) is 9.68. The van der Waals surface area contributed by atoms with Crippen molar-refractivity contribution in [1.82, 2.24) is 5.32 Å². The van der Waals surface area contributed by atoms with Crippen LogP contribution in [-0.4, -0.2) is 12.1 Å². The fourth-order valence-electron chi connectivity index (χ4n) is 2.26. The molecule has 2 aromatic carbocycles. The summed E-state index contributed by atoms with van der Waals surface area (Å²) in [7, 11) is 0. The molecule has 0 aliphatic rings. The van der Waals surface area contributed by atoms with E-state index in [-0.39, 0.29) is 18.0 Å². The SMILES string of the molecule is CCOc1cc(CNC(C)(C)C)cc(Br)c1OCc1ccccc1F. The highest BCUT2D eigenvalue weighted by atomic mass is 79.9. The summed E-state index contributed by atoms with van der Waals surface area (Å²) in [6.07, 6.45) is 0. The minimum absolute atomic E-state index is 0.0261. The normalized spacial score (nSPS) is 11.4. The van der Waals surface area contributed by atoms with Crippen LogP contribution < -0.4 is 14.8 Å². The third-order valence-corrected chi connectivity index (χ3v) is 4.11. The highest BCUT2D eigenvalue weighted by Crippen LogP contribution is 2.37. The van der Waals surface area contributed by atoms with Gasteiger partial charge in [-0.25, -0.2) is 4.39 Å². The molecule has 0 radical (unpaired) electrons. The van der Waals surface area contributed by atoms with E-state index in [1.807, 2.05) is 19.1 Å². The molecule has 0 aromatic heterocycles. The van der Waals surface area contributed by atoms with E-state index in [9.17, 15) is 4.39 Å². The minimum Gasteiger partial charge on any atom is -0.490 e. The summed E-state index contributed by atoms with van der Waals surface area (Å²) in [5.74, 6) is 0.964. The van der Waals surface area contributed by atoms with Crippen molar-refractivity contribution >= 4 is 15.9 Å². The Kier molecular flexibility index (Phi) is 6.85. The zero-order valence-corrected chi connectivity index (χ0v) is 16.7. The van der Waals surface area contributed by atoms with Gasteiger partial charge in [-0.2, -0.15) is 0 Å². The smallest absolute Gasteiger partial charge is 0.175 e. The molecule has 0 amide bonds. The molecule has 0 unspecified atom stereocenters. The van der Waals surface area contributed by atoms with Crippen LogP contribution in [0.15, 0.2) is 40.9 Å². The Labute approximate surface area is 157 Å². The van der Waals surface area contributed by atoms with Gasteiger partial charge in [-0.05, 0) is 67.4 Å². The first kappa shape index (κ1) is 19.7. The summed E-state index contributed by atoms with van der Waals surface area (Å²) in [5.41, 5.74) is 1.62. The molecule has 0 saturated heterocycles. The zero-order valence-electron chi connectivity index (χ0n) is 15.2. The summed E-state index contributed by atoms with van der Waals surface area (Å²) in [6, 6.07) is 10.6. The first-order chi connectivity index (χ1) is 11.8. The number of halogens is 2. The Balaban J connectivity index is 2.20. The quantitative estimate of drug-likeness (QED) is 0.658. The molecule has 2 aromatic rings. The average molecular weight is 410 g/mol. The molecule has 0 fully saturated rings. The fourth-order valence-corrected chi connectivity index (χ4v) is 2.86. The maximum absolute atomic E-state index is 13.8. The predicted octanol–water partition coefficient (Wildman–Crippen LogP) is 5.45. The van der Waals surface area contributed by atoms with Gasteiger partial charge >= 0.3 is 0 Å². The Hall–Kier alpha value is -1.59. The standard InChI is InChI=1S/C20H25BrFNO2/c1-5-24-18-11-14(12-23-20(2,3)4)10-16(21)19(18)25-13-15-8-6-7-9-17(15)22/h6-11,23H,5,12-13H2,1-4H3. The number of hydrogen-bond donors (Lipinski definition) is 1. The maximum Gasteiger partial charge on any atom is 0.175 e. The molecule has 5 heteroatoms. The van der Waals surface area contributed by atoms with Crippen LogP contribution in [0.5, 0.6) is 11.5 Å².